The van der Waals surface area contributed by atoms with E-state index in [0.717, 1.165) is 22.2 Å². The standard InChI is InChI=1S/C13H9ClN2O/c14-9-3-1-2-8(6-9)13-11-7-10(17)4-5-12(11)15-16-13/h1-7,17H,(H,15,16). The van der Waals surface area contributed by atoms with Crippen LogP contribution in [0.4, 0.5) is 0 Å². The molecule has 0 spiro atoms. The van der Waals surface area contributed by atoms with Gasteiger partial charge in [0.25, 0.3) is 0 Å². The van der Waals surface area contributed by atoms with E-state index in [0.29, 0.717) is 5.02 Å². The number of rotatable bonds is 1. The summed E-state index contributed by atoms with van der Waals surface area (Å²) in [6, 6.07) is 12.6. The Morgan fingerprint density at radius 2 is 2.00 bits per heavy atom. The van der Waals surface area contributed by atoms with Gasteiger partial charge in [0.05, 0.1) is 5.52 Å². The van der Waals surface area contributed by atoms with Crippen molar-refractivity contribution in [2.45, 2.75) is 0 Å². The van der Waals surface area contributed by atoms with Gasteiger partial charge in [-0.3, -0.25) is 5.10 Å². The highest BCUT2D eigenvalue weighted by Crippen LogP contribution is 2.29. The van der Waals surface area contributed by atoms with Crippen molar-refractivity contribution in [1.82, 2.24) is 10.2 Å². The van der Waals surface area contributed by atoms with Gasteiger partial charge in [0, 0.05) is 16.0 Å². The number of hydrogen-bond acceptors (Lipinski definition) is 2. The predicted molar refractivity (Wildman–Crippen MR) is 68.2 cm³/mol. The molecule has 0 aliphatic heterocycles. The Morgan fingerprint density at radius 1 is 1.12 bits per heavy atom. The van der Waals surface area contributed by atoms with Crippen LogP contribution in [-0.2, 0) is 0 Å². The number of phenolic OH excluding ortho intramolecular Hbond substituents is 1. The van der Waals surface area contributed by atoms with Crippen LogP contribution in [0.25, 0.3) is 22.2 Å². The molecule has 0 atom stereocenters. The lowest BCUT2D eigenvalue weighted by Crippen LogP contribution is -1.78. The van der Waals surface area contributed by atoms with Crippen LogP contribution in [-0.4, -0.2) is 15.3 Å². The van der Waals surface area contributed by atoms with E-state index >= 15 is 0 Å². The second-order valence-electron chi connectivity index (χ2n) is 3.81. The fourth-order valence-corrected chi connectivity index (χ4v) is 2.05. The van der Waals surface area contributed by atoms with Crippen LogP contribution < -0.4 is 0 Å². The molecule has 0 unspecified atom stereocenters. The van der Waals surface area contributed by atoms with Crippen LogP contribution in [0, 0.1) is 0 Å². The van der Waals surface area contributed by atoms with E-state index in [9.17, 15) is 5.11 Å². The van der Waals surface area contributed by atoms with Crippen LogP contribution >= 0.6 is 11.6 Å². The molecule has 0 bridgehead atoms. The Labute approximate surface area is 103 Å². The smallest absolute Gasteiger partial charge is 0.116 e. The lowest BCUT2D eigenvalue weighted by molar-refractivity contribution is 0.476. The van der Waals surface area contributed by atoms with Crippen molar-refractivity contribution in [2.75, 3.05) is 0 Å². The number of hydrogen-bond donors (Lipinski definition) is 2. The van der Waals surface area contributed by atoms with Crippen molar-refractivity contribution in [2.24, 2.45) is 0 Å². The topological polar surface area (TPSA) is 48.9 Å². The third kappa shape index (κ3) is 1.74. The van der Waals surface area contributed by atoms with Crippen LogP contribution in [0.5, 0.6) is 5.75 Å². The van der Waals surface area contributed by atoms with Crippen LogP contribution in [0.15, 0.2) is 42.5 Å². The number of nitrogens with zero attached hydrogens (tertiary/aromatic N) is 1. The average molecular weight is 245 g/mol. The third-order valence-corrected chi connectivity index (χ3v) is 2.88. The fraction of sp³-hybridized carbons (Fsp3) is 0. The van der Waals surface area contributed by atoms with Crippen molar-refractivity contribution < 1.29 is 5.11 Å². The molecular formula is C13H9ClN2O. The fourth-order valence-electron chi connectivity index (χ4n) is 1.86. The van der Waals surface area contributed by atoms with E-state index in [4.69, 9.17) is 11.6 Å². The highest BCUT2D eigenvalue weighted by atomic mass is 35.5. The number of phenols is 1. The Bertz CT molecular complexity index is 691. The van der Waals surface area contributed by atoms with E-state index in [-0.39, 0.29) is 5.75 Å². The molecule has 0 saturated carbocycles. The van der Waals surface area contributed by atoms with Gasteiger partial charge in [-0.05, 0) is 30.3 Å². The maximum atomic E-state index is 9.51. The zero-order chi connectivity index (χ0) is 11.8. The minimum atomic E-state index is 0.224. The average Bonchev–Trinajstić information content (AvgIpc) is 2.71. The summed E-state index contributed by atoms with van der Waals surface area (Å²) in [5.74, 6) is 0.224. The van der Waals surface area contributed by atoms with Gasteiger partial charge in [0.1, 0.15) is 11.4 Å². The summed E-state index contributed by atoms with van der Waals surface area (Å²) >= 11 is 5.96. The summed E-state index contributed by atoms with van der Waals surface area (Å²) in [5.41, 5.74) is 2.60. The zero-order valence-electron chi connectivity index (χ0n) is 8.81. The molecule has 4 heteroatoms. The first kappa shape index (κ1) is 10.2. The molecule has 3 rings (SSSR count). The molecule has 84 valence electrons. The maximum absolute atomic E-state index is 9.51. The minimum Gasteiger partial charge on any atom is -0.508 e. The van der Waals surface area contributed by atoms with Crippen LogP contribution in [0.1, 0.15) is 0 Å². The van der Waals surface area contributed by atoms with Crippen molar-refractivity contribution >= 4 is 22.5 Å². The second kappa shape index (κ2) is 3.79. The van der Waals surface area contributed by atoms with Gasteiger partial charge in [-0.1, -0.05) is 23.7 Å². The van der Waals surface area contributed by atoms with Gasteiger partial charge in [-0.2, -0.15) is 5.10 Å². The Hall–Kier alpha value is -2.00. The molecule has 2 N–H and O–H groups in total. The van der Waals surface area contributed by atoms with E-state index in [1.165, 1.54) is 0 Å². The van der Waals surface area contributed by atoms with Crippen LogP contribution in [0.3, 0.4) is 0 Å². The molecule has 1 aromatic heterocycles. The molecule has 0 fully saturated rings. The largest absolute Gasteiger partial charge is 0.508 e. The van der Waals surface area contributed by atoms with E-state index in [1.54, 1.807) is 18.2 Å². The van der Waals surface area contributed by atoms with Gasteiger partial charge >= 0.3 is 0 Å². The van der Waals surface area contributed by atoms with Gasteiger partial charge in [-0.25, -0.2) is 0 Å². The predicted octanol–water partition coefficient (Wildman–Crippen LogP) is 3.59. The number of H-pyrrole nitrogens is 1. The monoisotopic (exact) mass is 244 g/mol. The van der Waals surface area contributed by atoms with Crippen molar-refractivity contribution in [1.29, 1.82) is 0 Å². The van der Waals surface area contributed by atoms with E-state index < -0.39 is 0 Å². The maximum Gasteiger partial charge on any atom is 0.116 e. The molecule has 0 aliphatic rings. The molecule has 0 radical (unpaired) electrons. The Morgan fingerprint density at radius 3 is 2.82 bits per heavy atom. The van der Waals surface area contributed by atoms with E-state index in [2.05, 4.69) is 10.2 Å². The summed E-state index contributed by atoms with van der Waals surface area (Å²) < 4.78 is 0. The highest BCUT2D eigenvalue weighted by Gasteiger charge is 2.08. The Balaban J connectivity index is 2.27. The second-order valence-corrected chi connectivity index (χ2v) is 4.25. The number of nitrogens with one attached hydrogen (secondary N) is 1. The van der Waals surface area contributed by atoms with Crippen molar-refractivity contribution in [3.05, 3.63) is 47.5 Å². The molecule has 17 heavy (non-hydrogen) atoms. The third-order valence-electron chi connectivity index (χ3n) is 2.64. The summed E-state index contributed by atoms with van der Waals surface area (Å²) in [5, 5.41) is 18.2. The van der Waals surface area contributed by atoms with Crippen molar-refractivity contribution in [3.63, 3.8) is 0 Å². The summed E-state index contributed by atoms with van der Waals surface area (Å²) in [7, 11) is 0. The first-order chi connectivity index (χ1) is 8.24. The minimum absolute atomic E-state index is 0.224. The Kier molecular flexibility index (Phi) is 2.27. The number of aromatic hydroxyl groups is 1. The molecule has 3 nitrogen and oxygen atoms in total. The quantitative estimate of drug-likeness (QED) is 0.687. The van der Waals surface area contributed by atoms with Gasteiger partial charge in [-0.15, -0.1) is 0 Å². The molecule has 0 aliphatic carbocycles. The number of aromatic amines is 1. The normalized spacial score (nSPS) is 10.9. The number of aromatic nitrogens is 2. The molecular weight excluding hydrogens is 236 g/mol. The molecule has 3 aromatic rings. The number of benzene rings is 2. The number of fused-ring (bicyclic) bond motifs is 1. The van der Waals surface area contributed by atoms with Gasteiger partial charge in [0.2, 0.25) is 0 Å². The van der Waals surface area contributed by atoms with Gasteiger partial charge in [0.15, 0.2) is 0 Å². The SMILES string of the molecule is Oc1ccc2[nH]nc(-c3cccc(Cl)c3)c2c1. The van der Waals surface area contributed by atoms with Gasteiger partial charge < -0.3 is 5.11 Å². The number of halogens is 1. The summed E-state index contributed by atoms with van der Waals surface area (Å²) in [4.78, 5) is 0. The summed E-state index contributed by atoms with van der Waals surface area (Å²) in [6.07, 6.45) is 0. The molecule has 2 aromatic carbocycles. The lowest BCUT2D eigenvalue weighted by Gasteiger charge is -1.99. The van der Waals surface area contributed by atoms with Crippen molar-refractivity contribution in [3.8, 4) is 17.0 Å². The highest BCUT2D eigenvalue weighted by molar-refractivity contribution is 6.30. The lowest BCUT2D eigenvalue weighted by atomic mass is 10.1. The molecule has 1 heterocycles. The molecule has 0 saturated heterocycles. The van der Waals surface area contributed by atoms with Crippen LogP contribution in [0.2, 0.25) is 5.02 Å². The first-order valence-electron chi connectivity index (χ1n) is 5.17. The molecule has 0 amide bonds. The summed E-state index contributed by atoms with van der Waals surface area (Å²) in [6.45, 7) is 0. The van der Waals surface area contributed by atoms with E-state index in [1.807, 2.05) is 24.3 Å². The first-order valence-corrected chi connectivity index (χ1v) is 5.55. The zero-order valence-corrected chi connectivity index (χ0v) is 9.57.